The molecule has 182 valence electrons. The van der Waals surface area contributed by atoms with Crippen LogP contribution in [0.3, 0.4) is 0 Å². The second-order valence-corrected chi connectivity index (χ2v) is 8.54. The highest BCUT2D eigenvalue weighted by Crippen LogP contribution is 2.44. The van der Waals surface area contributed by atoms with Gasteiger partial charge in [-0.3, -0.25) is 14.5 Å². The number of alkyl halides is 6. The van der Waals surface area contributed by atoms with Gasteiger partial charge in [0.1, 0.15) is 6.10 Å². The van der Waals surface area contributed by atoms with Gasteiger partial charge in [-0.1, -0.05) is 12.1 Å². The van der Waals surface area contributed by atoms with E-state index in [0.717, 1.165) is 17.1 Å². The Morgan fingerprint density at radius 3 is 2.24 bits per heavy atom. The van der Waals surface area contributed by atoms with E-state index >= 15 is 0 Å². The number of methoxy groups -OCH3 is 1. The molecule has 6 nitrogen and oxygen atoms in total. The van der Waals surface area contributed by atoms with Gasteiger partial charge >= 0.3 is 18.4 Å². The van der Waals surface area contributed by atoms with Crippen molar-refractivity contribution in [2.75, 3.05) is 7.11 Å². The van der Waals surface area contributed by atoms with Gasteiger partial charge in [-0.05, 0) is 41.3 Å². The maximum atomic E-state index is 13.4. The van der Waals surface area contributed by atoms with Crippen molar-refractivity contribution in [3.8, 4) is 0 Å². The van der Waals surface area contributed by atoms with E-state index in [-0.39, 0.29) is 12.5 Å². The van der Waals surface area contributed by atoms with Crippen LogP contribution in [-0.4, -0.2) is 41.3 Å². The van der Waals surface area contributed by atoms with Crippen LogP contribution in [0, 0.1) is 0 Å². The number of benzene rings is 1. The summed E-state index contributed by atoms with van der Waals surface area (Å²) in [7, 11) is 1.01. The number of thiophene rings is 1. The van der Waals surface area contributed by atoms with E-state index in [1.165, 1.54) is 23.5 Å². The first-order valence-electron chi connectivity index (χ1n) is 9.75. The van der Waals surface area contributed by atoms with Crippen LogP contribution in [0.4, 0.5) is 31.1 Å². The molecule has 1 saturated heterocycles. The van der Waals surface area contributed by atoms with Crippen molar-refractivity contribution in [2.45, 2.75) is 37.1 Å². The smallest absolute Gasteiger partial charge is 0.416 e. The van der Waals surface area contributed by atoms with Gasteiger partial charge in [-0.2, -0.15) is 31.4 Å². The number of hydrogen-bond acceptors (Lipinski definition) is 5. The molecule has 2 bridgehead atoms. The third kappa shape index (κ3) is 4.49. The summed E-state index contributed by atoms with van der Waals surface area (Å²) >= 11 is 1.31. The molecule has 5 rings (SSSR count). The molecule has 1 aromatic carbocycles. The molecular formula is C21H16F6N2O4S. The molecular weight excluding hydrogens is 490 g/mol. The van der Waals surface area contributed by atoms with Crippen LogP contribution in [0.5, 0.6) is 0 Å². The number of hydroxylamine groups is 2. The van der Waals surface area contributed by atoms with Gasteiger partial charge in [0.25, 0.3) is 5.91 Å². The second kappa shape index (κ2) is 8.62. The summed E-state index contributed by atoms with van der Waals surface area (Å²) in [5.74, 6) is -0.547. The lowest BCUT2D eigenvalue weighted by atomic mass is 9.91. The normalized spacial score (nSPS) is 22.3. The molecule has 3 aliphatic heterocycles. The fourth-order valence-corrected chi connectivity index (χ4v) is 4.58. The average molecular weight is 506 g/mol. The predicted molar refractivity (Wildman–Crippen MR) is 106 cm³/mol. The zero-order valence-electron chi connectivity index (χ0n) is 17.3. The molecule has 2 aromatic rings. The molecule has 4 heterocycles. The summed E-state index contributed by atoms with van der Waals surface area (Å²) < 4.78 is 85.1. The molecule has 3 atom stereocenters. The Morgan fingerprint density at radius 1 is 1.06 bits per heavy atom. The summed E-state index contributed by atoms with van der Waals surface area (Å²) in [5.41, 5.74) is -3.52. The highest BCUT2D eigenvalue weighted by Gasteiger charge is 2.50. The summed E-state index contributed by atoms with van der Waals surface area (Å²) in [5, 5.41) is 2.64. The zero-order chi connectivity index (χ0) is 24.8. The highest BCUT2D eigenvalue weighted by molar-refractivity contribution is 7.10. The van der Waals surface area contributed by atoms with E-state index in [4.69, 9.17) is 9.57 Å². The highest BCUT2D eigenvalue weighted by atomic mass is 32.1. The maximum absolute atomic E-state index is 13.4. The summed E-state index contributed by atoms with van der Waals surface area (Å²) in [6.07, 6.45) is -10.9. The van der Waals surface area contributed by atoms with Crippen LogP contribution in [0.1, 0.15) is 27.6 Å². The molecule has 0 unspecified atom stereocenters. The number of amides is 2. The number of carbonyl (C=O) groups excluding carboxylic acids is 2. The van der Waals surface area contributed by atoms with Gasteiger partial charge in [0, 0.05) is 4.88 Å². The number of carbonyl (C=O) groups is 2. The molecule has 0 aliphatic carbocycles. The Hall–Kier alpha value is -3.06. The lowest BCUT2D eigenvalue weighted by Gasteiger charge is -2.51. The van der Waals surface area contributed by atoms with Crippen molar-refractivity contribution >= 4 is 23.3 Å². The molecule has 3 aliphatic rings. The molecule has 0 radical (unpaired) electrons. The SMILES string of the molecule is COC(=O)N1[C@H](c2cc(C(F)(F)F)cc(C(F)(F)F)c2)[C@@H]2C=C[C@H]1N(C(=O)Cc1cccs1)O2. The van der Waals surface area contributed by atoms with Crippen molar-refractivity contribution in [1.29, 1.82) is 0 Å². The van der Waals surface area contributed by atoms with Crippen molar-refractivity contribution in [3.05, 3.63) is 69.4 Å². The van der Waals surface area contributed by atoms with Gasteiger partial charge < -0.3 is 4.74 Å². The first kappa shape index (κ1) is 24.1. The molecule has 1 aromatic heterocycles. The largest absolute Gasteiger partial charge is 0.453 e. The van der Waals surface area contributed by atoms with Crippen LogP contribution in [-0.2, 0) is 33.1 Å². The Bertz CT molecular complexity index is 1080. The first-order valence-corrected chi connectivity index (χ1v) is 10.6. The van der Waals surface area contributed by atoms with E-state index in [1.54, 1.807) is 17.5 Å². The van der Waals surface area contributed by atoms with Crippen LogP contribution >= 0.6 is 11.3 Å². The molecule has 0 spiro atoms. The minimum atomic E-state index is -5.07. The number of hydrogen-bond donors (Lipinski definition) is 0. The second-order valence-electron chi connectivity index (χ2n) is 7.51. The van der Waals surface area contributed by atoms with Crippen LogP contribution in [0.25, 0.3) is 0 Å². The minimum Gasteiger partial charge on any atom is -0.453 e. The Kier molecular flexibility index (Phi) is 6.10. The third-order valence-electron chi connectivity index (χ3n) is 5.33. The number of fused-ring (bicyclic) bond motifs is 2. The third-order valence-corrected chi connectivity index (χ3v) is 6.21. The van der Waals surface area contributed by atoms with Crippen molar-refractivity contribution in [1.82, 2.24) is 9.96 Å². The average Bonchev–Trinajstić information content (AvgIpc) is 3.29. The molecule has 34 heavy (non-hydrogen) atoms. The molecule has 0 N–H and O–H groups in total. The molecule has 2 amide bonds. The summed E-state index contributed by atoms with van der Waals surface area (Å²) in [6.45, 7) is 0. The lowest BCUT2D eigenvalue weighted by Crippen LogP contribution is -2.63. The van der Waals surface area contributed by atoms with Crippen LogP contribution in [0.15, 0.2) is 47.9 Å². The Balaban J connectivity index is 1.75. The van der Waals surface area contributed by atoms with E-state index in [2.05, 4.69) is 0 Å². The fraction of sp³-hybridized carbons (Fsp3) is 0.333. The van der Waals surface area contributed by atoms with Gasteiger partial charge in [-0.15, -0.1) is 11.3 Å². The zero-order valence-corrected chi connectivity index (χ0v) is 18.1. The van der Waals surface area contributed by atoms with Gasteiger partial charge in [0.2, 0.25) is 0 Å². The predicted octanol–water partition coefficient (Wildman–Crippen LogP) is 5.18. The van der Waals surface area contributed by atoms with Gasteiger partial charge in [0.15, 0.2) is 6.17 Å². The van der Waals surface area contributed by atoms with Gasteiger partial charge in [0.05, 0.1) is 30.7 Å². The van der Waals surface area contributed by atoms with E-state index in [1.807, 2.05) is 0 Å². The topological polar surface area (TPSA) is 59.1 Å². The number of halogens is 6. The Morgan fingerprint density at radius 2 is 1.71 bits per heavy atom. The van der Waals surface area contributed by atoms with E-state index in [9.17, 15) is 35.9 Å². The van der Waals surface area contributed by atoms with E-state index < -0.39 is 59.4 Å². The maximum Gasteiger partial charge on any atom is 0.416 e. The van der Waals surface area contributed by atoms with Crippen LogP contribution in [0.2, 0.25) is 0 Å². The van der Waals surface area contributed by atoms with Crippen LogP contribution < -0.4 is 0 Å². The van der Waals surface area contributed by atoms with E-state index in [0.29, 0.717) is 17.0 Å². The monoisotopic (exact) mass is 506 g/mol. The van der Waals surface area contributed by atoms with Crippen molar-refractivity contribution < 1.29 is 45.5 Å². The van der Waals surface area contributed by atoms with Crippen molar-refractivity contribution in [3.63, 3.8) is 0 Å². The minimum absolute atomic E-state index is 0.000613. The molecule has 1 fully saturated rings. The lowest BCUT2D eigenvalue weighted by molar-refractivity contribution is -0.271. The summed E-state index contributed by atoms with van der Waals surface area (Å²) in [6, 6.07) is 3.11. The summed E-state index contributed by atoms with van der Waals surface area (Å²) in [4.78, 5) is 32.7. The standard InChI is InChI=1S/C21H16F6N2O4S/c1-32-19(31)28-16-5-4-15(33-29(16)17(30)10-14-3-2-6-34-14)18(28)11-7-12(20(22,23)24)9-13(8-11)21(25,26)27/h2-9,15-16,18H,10H2,1H3/t15-,16+,18+/m0/s1. The first-order chi connectivity index (χ1) is 15.9. The molecule has 0 saturated carbocycles. The quantitative estimate of drug-likeness (QED) is 0.426. The number of ether oxygens (including phenoxy) is 1. The Labute approximate surface area is 192 Å². The number of rotatable bonds is 3. The van der Waals surface area contributed by atoms with Gasteiger partial charge in [-0.25, -0.2) is 4.79 Å². The fourth-order valence-electron chi connectivity index (χ4n) is 3.88. The molecule has 13 heteroatoms. The number of nitrogens with zero attached hydrogens (tertiary/aromatic N) is 2. The van der Waals surface area contributed by atoms with Crippen molar-refractivity contribution in [2.24, 2.45) is 0 Å².